The number of ether oxygens (including phenoxy) is 1. The van der Waals surface area contributed by atoms with Gasteiger partial charge in [-0.3, -0.25) is 5.32 Å². The zero-order valence-corrected chi connectivity index (χ0v) is 9.39. The molecule has 4 heteroatoms. The monoisotopic (exact) mass is 200 g/mol. The van der Waals surface area contributed by atoms with Crippen LogP contribution in [0.1, 0.15) is 27.7 Å². The van der Waals surface area contributed by atoms with E-state index < -0.39 is 5.97 Å². The Bertz CT molecular complexity index is 219. The van der Waals surface area contributed by atoms with E-state index in [4.69, 9.17) is 10.5 Å². The van der Waals surface area contributed by atoms with Crippen LogP contribution >= 0.6 is 0 Å². The minimum absolute atomic E-state index is 0.0882. The number of nitrogens with two attached hydrogens (primary N) is 1. The first-order chi connectivity index (χ1) is 6.22. The standard InChI is InChI=1S/C10H20N2O2/c1-7(2)9(13)14-6-8(11)12-10(3,4)5/h8,12H,1,6,11H2,2-5H3. The normalized spacial score (nSPS) is 13.5. The highest BCUT2D eigenvalue weighted by molar-refractivity contribution is 5.86. The molecule has 0 aliphatic rings. The van der Waals surface area contributed by atoms with Gasteiger partial charge in [-0.2, -0.15) is 0 Å². The van der Waals surface area contributed by atoms with Gasteiger partial charge in [0.1, 0.15) is 6.61 Å². The zero-order valence-electron chi connectivity index (χ0n) is 9.39. The molecule has 0 amide bonds. The molecule has 0 saturated heterocycles. The largest absolute Gasteiger partial charge is 0.459 e. The molecule has 0 fully saturated rings. The van der Waals surface area contributed by atoms with Gasteiger partial charge in [0.05, 0.1) is 6.17 Å². The SMILES string of the molecule is C=C(C)C(=O)OCC(N)NC(C)(C)C. The van der Waals surface area contributed by atoms with E-state index in [0.29, 0.717) is 5.57 Å². The van der Waals surface area contributed by atoms with Gasteiger partial charge < -0.3 is 10.5 Å². The van der Waals surface area contributed by atoms with Crippen molar-refractivity contribution in [3.8, 4) is 0 Å². The van der Waals surface area contributed by atoms with Crippen molar-refractivity contribution in [1.82, 2.24) is 5.32 Å². The summed E-state index contributed by atoms with van der Waals surface area (Å²) in [4.78, 5) is 11.0. The Morgan fingerprint density at radius 1 is 1.57 bits per heavy atom. The van der Waals surface area contributed by atoms with Gasteiger partial charge in [0, 0.05) is 11.1 Å². The third-order valence-corrected chi connectivity index (χ3v) is 1.36. The molecule has 14 heavy (non-hydrogen) atoms. The first kappa shape index (κ1) is 13.1. The topological polar surface area (TPSA) is 64.3 Å². The molecule has 0 rings (SSSR count). The molecule has 1 atom stereocenters. The zero-order chi connectivity index (χ0) is 11.4. The van der Waals surface area contributed by atoms with E-state index in [-0.39, 0.29) is 18.3 Å². The minimum atomic E-state index is -0.406. The van der Waals surface area contributed by atoms with Crippen LogP contribution in [-0.4, -0.2) is 24.3 Å². The number of rotatable bonds is 4. The molecule has 0 heterocycles. The molecule has 0 aromatic carbocycles. The summed E-state index contributed by atoms with van der Waals surface area (Å²) in [6.45, 7) is 11.2. The minimum Gasteiger partial charge on any atom is -0.459 e. The maximum atomic E-state index is 11.0. The summed E-state index contributed by atoms with van der Waals surface area (Å²) in [5.41, 5.74) is 5.98. The van der Waals surface area contributed by atoms with E-state index in [1.807, 2.05) is 20.8 Å². The molecule has 82 valence electrons. The summed E-state index contributed by atoms with van der Waals surface area (Å²) < 4.78 is 4.89. The fourth-order valence-electron chi connectivity index (χ4n) is 0.887. The summed E-state index contributed by atoms with van der Waals surface area (Å²) in [6, 6.07) is 0. The maximum absolute atomic E-state index is 11.0. The predicted octanol–water partition coefficient (Wildman–Crippen LogP) is 0.779. The number of hydrogen-bond donors (Lipinski definition) is 2. The molecule has 0 spiro atoms. The second kappa shape index (κ2) is 5.12. The van der Waals surface area contributed by atoms with Crippen LogP contribution < -0.4 is 11.1 Å². The van der Waals surface area contributed by atoms with Crippen LogP contribution in [-0.2, 0) is 9.53 Å². The van der Waals surface area contributed by atoms with Crippen LogP contribution in [0.4, 0.5) is 0 Å². The third kappa shape index (κ3) is 6.62. The van der Waals surface area contributed by atoms with Crippen molar-refractivity contribution in [2.45, 2.75) is 39.4 Å². The number of carbonyl (C=O) groups is 1. The van der Waals surface area contributed by atoms with Crippen molar-refractivity contribution in [2.75, 3.05) is 6.61 Å². The summed E-state index contributed by atoms with van der Waals surface area (Å²) in [7, 11) is 0. The lowest BCUT2D eigenvalue weighted by atomic mass is 10.1. The molecule has 0 bridgehead atoms. The lowest BCUT2D eigenvalue weighted by Gasteiger charge is -2.25. The fraction of sp³-hybridized carbons (Fsp3) is 0.700. The second-order valence-corrected chi connectivity index (χ2v) is 4.38. The van der Waals surface area contributed by atoms with Gasteiger partial charge in [0.2, 0.25) is 0 Å². The maximum Gasteiger partial charge on any atom is 0.333 e. The van der Waals surface area contributed by atoms with Gasteiger partial charge >= 0.3 is 5.97 Å². The molecule has 4 nitrogen and oxygen atoms in total. The molecule has 1 unspecified atom stereocenters. The highest BCUT2D eigenvalue weighted by Crippen LogP contribution is 2.00. The van der Waals surface area contributed by atoms with Crippen molar-refractivity contribution in [3.05, 3.63) is 12.2 Å². The molecular weight excluding hydrogens is 180 g/mol. The molecule has 0 radical (unpaired) electrons. The van der Waals surface area contributed by atoms with Crippen LogP contribution in [0.25, 0.3) is 0 Å². The van der Waals surface area contributed by atoms with Crippen molar-refractivity contribution in [1.29, 1.82) is 0 Å². The lowest BCUT2D eigenvalue weighted by molar-refractivity contribution is -0.139. The Kier molecular flexibility index (Phi) is 4.80. The number of nitrogens with one attached hydrogen (secondary N) is 1. The van der Waals surface area contributed by atoms with Crippen molar-refractivity contribution >= 4 is 5.97 Å². The Morgan fingerprint density at radius 2 is 2.07 bits per heavy atom. The van der Waals surface area contributed by atoms with Crippen molar-refractivity contribution in [3.63, 3.8) is 0 Å². The summed E-state index contributed by atoms with van der Waals surface area (Å²) in [6.07, 6.45) is -0.349. The van der Waals surface area contributed by atoms with Crippen molar-refractivity contribution in [2.24, 2.45) is 5.73 Å². The molecular formula is C10H20N2O2. The second-order valence-electron chi connectivity index (χ2n) is 4.38. The van der Waals surface area contributed by atoms with Crippen LogP contribution in [0.5, 0.6) is 0 Å². The molecule has 3 N–H and O–H groups in total. The molecule has 0 aromatic rings. The Labute approximate surface area is 85.5 Å². The van der Waals surface area contributed by atoms with E-state index in [2.05, 4.69) is 11.9 Å². The van der Waals surface area contributed by atoms with Gasteiger partial charge in [0.15, 0.2) is 0 Å². The Balaban J connectivity index is 3.80. The molecule has 0 saturated carbocycles. The Hall–Kier alpha value is -0.870. The van der Waals surface area contributed by atoms with Crippen molar-refractivity contribution < 1.29 is 9.53 Å². The van der Waals surface area contributed by atoms with Gasteiger partial charge in [-0.1, -0.05) is 6.58 Å². The fourth-order valence-corrected chi connectivity index (χ4v) is 0.887. The number of esters is 1. The van der Waals surface area contributed by atoms with E-state index in [1.165, 1.54) is 0 Å². The first-order valence-corrected chi connectivity index (χ1v) is 4.58. The summed E-state index contributed by atoms with van der Waals surface area (Å²) >= 11 is 0. The first-order valence-electron chi connectivity index (χ1n) is 4.58. The smallest absolute Gasteiger partial charge is 0.333 e. The highest BCUT2D eigenvalue weighted by Gasteiger charge is 2.15. The van der Waals surface area contributed by atoms with Crippen LogP contribution in [0.3, 0.4) is 0 Å². The molecule has 0 aliphatic heterocycles. The summed E-state index contributed by atoms with van der Waals surface area (Å²) in [5, 5.41) is 3.08. The van der Waals surface area contributed by atoms with E-state index in [1.54, 1.807) is 6.92 Å². The average molecular weight is 200 g/mol. The van der Waals surface area contributed by atoms with Gasteiger partial charge in [-0.15, -0.1) is 0 Å². The molecule has 0 aliphatic carbocycles. The van der Waals surface area contributed by atoms with Gasteiger partial charge in [0.25, 0.3) is 0 Å². The molecule has 0 aromatic heterocycles. The van der Waals surface area contributed by atoms with Gasteiger partial charge in [-0.05, 0) is 27.7 Å². The average Bonchev–Trinajstić information content (AvgIpc) is 1.96. The van der Waals surface area contributed by atoms with E-state index >= 15 is 0 Å². The number of carbonyl (C=O) groups excluding carboxylic acids is 1. The third-order valence-electron chi connectivity index (χ3n) is 1.36. The van der Waals surface area contributed by atoms with Crippen LogP contribution in [0.15, 0.2) is 12.2 Å². The van der Waals surface area contributed by atoms with Gasteiger partial charge in [-0.25, -0.2) is 4.79 Å². The lowest BCUT2D eigenvalue weighted by Crippen LogP contribution is -2.51. The van der Waals surface area contributed by atoms with Crippen LogP contribution in [0, 0.1) is 0 Å². The quantitative estimate of drug-likeness (QED) is 0.400. The van der Waals surface area contributed by atoms with E-state index in [0.717, 1.165) is 0 Å². The number of hydrogen-bond acceptors (Lipinski definition) is 4. The van der Waals surface area contributed by atoms with E-state index in [9.17, 15) is 4.79 Å². The predicted molar refractivity (Wildman–Crippen MR) is 56.6 cm³/mol. The summed E-state index contributed by atoms with van der Waals surface area (Å²) in [5.74, 6) is -0.406. The van der Waals surface area contributed by atoms with Crippen LogP contribution in [0.2, 0.25) is 0 Å². The highest BCUT2D eigenvalue weighted by atomic mass is 16.5. The Morgan fingerprint density at radius 3 is 2.43 bits per heavy atom.